The summed E-state index contributed by atoms with van der Waals surface area (Å²) in [6, 6.07) is 5.42. The van der Waals surface area contributed by atoms with Crippen LogP contribution in [0.15, 0.2) is 33.5 Å². The van der Waals surface area contributed by atoms with Crippen molar-refractivity contribution in [3.63, 3.8) is 0 Å². The summed E-state index contributed by atoms with van der Waals surface area (Å²) < 4.78 is 10.7. The van der Waals surface area contributed by atoms with Crippen molar-refractivity contribution in [1.29, 1.82) is 0 Å². The van der Waals surface area contributed by atoms with Gasteiger partial charge in [-0.2, -0.15) is 0 Å². The molecule has 7 nitrogen and oxygen atoms in total. The summed E-state index contributed by atoms with van der Waals surface area (Å²) in [4.78, 5) is 34.2. The number of hydrogen-bond donors (Lipinski definition) is 2. The van der Waals surface area contributed by atoms with Gasteiger partial charge in [0.15, 0.2) is 6.10 Å². The van der Waals surface area contributed by atoms with E-state index in [1.165, 1.54) is 19.9 Å². The van der Waals surface area contributed by atoms with E-state index in [-0.39, 0.29) is 0 Å². The summed E-state index contributed by atoms with van der Waals surface area (Å²) >= 11 is 0. The molecule has 0 saturated heterocycles. The van der Waals surface area contributed by atoms with E-state index >= 15 is 0 Å². The maximum absolute atomic E-state index is 11.9. The Balaban J connectivity index is 2.19. The molecule has 0 aliphatic heterocycles. The molecule has 0 aliphatic carbocycles. The largest absolute Gasteiger partial charge is 0.481 e. The number of rotatable bonds is 6. The zero-order chi connectivity index (χ0) is 17.9. The molecule has 1 amide bonds. The van der Waals surface area contributed by atoms with Crippen LogP contribution in [-0.4, -0.2) is 29.1 Å². The highest BCUT2D eigenvalue weighted by atomic mass is 16.5. The number of nitrogens with one attached hydrogen (secondary N) is 1. The first-order valence-corrected chi connectivity index (χ1v) is 7.58. The van der Waals surface area contributed by atoms with Crippen LogP contribution >= 0.6 is 0 Å². The molecule has 7 heteroatoms. The van der Waals surface area contributed by atoms with Gasteiger partial charge in [-0.3, -0.25) is 9.59 Å². The van der Waals surface area contributed by atoms with Gasteiger partial charge in [0, 0.05) is 17.5 Å². The van der Waals surface area contributed by atoms with Crippen LogP contribution in [-0.2, 0) is 16.0 Å². The Morgan fingerprint density at radius 3 is 2.62 bits per heavy atom. The number of fused-ring (bicyclic) bond motifs is 1. The van der Waals surface area contributed by atoms with Crippen molar-refractivity contribution in [2.75, 3.05) is 0 Å². The zero-order valence-electron chi connectivity index (χ0n) is 13.7. The normalized spacial score (nSPS) is 13.3. The highest BCUT2D eigenvalue weighted by molar-refractivity contribution is 5.86. The molecular weight excluding hydrogens is 314 g/mol. The molecule has 0 radical (unpaired) electrons. The monoisotopic (exact) mass is 333 g/mol. The van der Waals surface area contributed by atoms with Crippen molar-refractivity contribution < 1.29 is 23.8 Å². The molecule has 128 valence electrons. The number of carboxylic acids is 1. The van der Waals surface area contributed by atoms with Crippen LogP contribution in [0.2, 0.25) is 0 Å². The van der Waals surface area contributed by atoms with Gasteiger partial charge in [-0.25, -0.2) is 4.79 Å². The summed E-state index contributed by atoms with van der Waals surface area (Å²) in [5.41, 5.74) is 0.801. The molecule has 1 aromatic heterocycles. The van der Waals surface area contributed by atoms with E-state index in [4.69, 9.17) is 14.3 Å². The first-order valence-electron chi connectivity index (χ1n) is 7.58. The fraction of sp³-hybridized carbons (Fsp3) is 0.353. The lowest BCUT2D eigenvalue weighted by Crippen LogP contribution is -2.44. The van der Waals surface area contributed by atoms with Gasteiger partial charge in [0.1, 0.15) is 17.4 Å². The average Bonchev–Trinajstić information content (AvgIpc) is 2.53. The van der Waals surface area contributed by atoms with Crippen LogP contribution in [0.4, 0.5) is 0 Å². The first kappa shape index (κ1) is 17.5. The lowest BCUT2D eigenvalue weighted by Gasteiger charge is -2.16. The molecule has 2 rings (SSSR count). The molecule has 1 heterocycles. The van der Waals surface area contributed by atoms with Gasteiger partial charge in [-0.05, 0) is 38.0 Å². The number of aliphatic carboxylic acids is 1. The second-order valence-corrected chi connectivity index (χ2v) is 5.43. The Hall–Kier alpha value is -2.83. The molecular formula is C17H19NO6. The number of hydrogen-bond acceptors (Lipinski definition) is 5. The van der Waals surface area contributed by atoms with E-state index in [0.717, 1.165) is 10.9 Å². The van der Waals surface area contributed by atoms with Crippen LogP contribution in [0, 0.1) is 0 Å². The Kier molecular flexibility index (Phi) is 5.23. The van der Waals surface area contributed by atoms with E-state index in [2.05, 4.69) is 5.32 Å². The summed E-state index contributed by atoms with van der Waals surface area (Å²) in [6.45, 7) is 4.81. The molecule has 24 heavy (non-hydrogen) atoms. The summed E-state index contributed by atoms with van der Waals surface area (Å²) in [5.74, 6) is -1.33. The van der Waals surface area contributed by atoms with E-state index < -0.39 is 29.6 Å². The lowest BCUT2D eigenvalue weighted by atomic mass is 10.1. The van der Waals surface area contributed by atoms with E-state index in [9.17, 15) is 14.4 Å². The van der Waals surface area contributed by atoms with Crippen molar-refractivity contribution in [3.05, 3.63) is 40.2 Å². The predicted octanol–water partition coefficient (Wildman–Crippen LogP) is 1.71. The molecule has 0 bridgehead atoms. The number of carbonyl (C=O) groups excluding carboxylic acids is 1. The smallest absolute Gasteiger partial charge is 0.336 e. The predicted molar refractivity (Wildman–Crippen MR) is 87.2 cm³/mol. The van der Waals surface area contributed by atoms with Gasteiger partial charge in [-0.1, -0.05) is 6.92 Å². The number of carboxylic acid groups (broad SMARTS) is 1. The summed E-state index contributed by atoms with van der Waals surface area (Å²) in [7, 11) is 0. The van der Waals surface area contributed by atoms with Crippen LogP contribution in [0.3, 0.4) is 0 Å². The molecule has 0 spiro atoms. The van der Waals surface area contributed by atoms with Crippen molar-refractivity contribution in [1.82, 2.24) is 5.32 Å². The van der Waals surface area contributed by atoms with E-state index in [0.29, 0.717) is 17.8 Å². The van der Waals surface area contributed by atoms with E-state index in [1.807, 2.05) is 6.92 Å². The molecule has 2 N–H and O–H groups in total. The molecule has 0 aliphatic rings. The fourth-order valence-corrected chi connectivity index (χ4v) is 2.23. The van der Waals surface area contributed by atoms with Crippen molar-refractivity contribution in [3.8, 4) is 5.75 Å². The second-order valence-electron chi connectivity index (χ2n) is 5.43. The van der Waals surface area contributed by atoms with Gasteiger partial charge in [0.2, 0.25) is 0 Å². The Labute approximate surface area is 138 Å². The highest BCUT2D eigenvalue weighted by Gasteiger charge is 2.20. The quantitative estimate of drug-likeness (QED) is 0.780. The third-order valence-electron chi connectivity index (χ3n) is 3.59. The van der Waals surface area contributed by atoms with Crippen molar-refractivity contribution in [2.45, 2.75) is 39.3 Å². The maximum atomic E-state index is 11.9. The minimum Gasteiger partial charge on any atom is -0.481 e. The Morgan fingerprint density at radius 1 is 1.29 bits per heavy atom. The van der Waals surface area contributed by atoms with Crippen LogP contribution in [0.5, 0.6) is 5.75 Å². The maximum Gasteiger partial charge on any atom is 0.336 e. The standard InChI is InChI=1S/C17H19NO6/c1-4-11-7-15(19)24-14-8-12(5-6-13(11)14)23-10(3)16(20)18-9(2)17(21)22/h5-10H,4H2,1-3H3,(H,18,20)(H,21,22)/t9-,10?/m1/s1. The van der Waals surface area contributed by atoms with Gasteiger partial charge < -0.3 is 19.6 Å². The molecule has 2 atom stereocenters. The van der Waals surface area contributed by atoms with Crippen LogP contribution in [0.25, 0.3) is 11.0 Å². The third-order valence-corrected chi connectivity index (χ3v) is 3.59. The SMILES string of the molecule is CCc1cc(=O)oc2cc(OC(C)C(=O)N[C@H](C)C(=O)O)ccc12. The minimum atomic E-state index is -1.13. The van der Waals surface area contributed by atoms with E-state index in [1.54, 1.807) is 18.2 Å². The van der Waals surface area contributed by atoms with Crippen LogP contribution in [0.1, 0.15) is 26.3 Å². The number of amides is 1. The molecule has 0 fully saturated rings. The second kappa shape index (κ2) is 7.16. The number of ether oxygens (including phenoxy) is 1. The molecule has 1 unspecified atom stereocenters. The summed E-state index contributed by atoms with van der Waals surface area (Å²) in [5, 5.41) is 11.9. The van der Waals surface area contributed by atoms with Gasteiger partial charge in [-0.15, -0.1) is 0 Å². The lowest BCUT2D eigenvalue weighted by molar-refractivity contribution is -0.142. The van der Waals surface area contributed by atoms with Gasteiger partial charge >= 0.3 is 11.6 Å². The Bertz CT molecular complexity index is 825. The Morgan fingerprint density at radius 2 is 2.00 bits per heavy atom. The summed E-state index contributed by atoms with van der Waals surface area (Å²) in [6.07, 6.45) is -0.209. The number of carbonyl (C=O) groups is 2. The van der Waals surface area contributed by atoms with Crippen molar-refractivity contribution >= 4 is 22.8 Å². The first-order chi connectivity index (χ1) is 11.3. The average molecular weight is 333 g/mol. The number of aryl methyl sites for hydroxylation is 1. The third kappa shape index (κ3) is 3.92. The van der Waals surface area contributed by atoms with Gasteiger partial charge in [0.05, 0.1) is 0 Å². The highest BCUT2D eigenvalue weighted by Crippen LogP contribution is 2.23. The number of benzene rings is 1. The molecule has 2 aromatic rings. The zero-order valence-corrected chi connectivity index (χ0v) is 13.7. The topological polar surface area (TPSA) is 106 Å². The van der Waals surface area contributed by atoms with Crippen molar-refractivity contribution in [2.24, 2.45) is 0 Å². The molecule has 0 saturated carbocycles. The van der Waals surface area contributed by atoms with Crippen LogP contribution < -0.4 is 15.7 Å². The fourth-order valence-electron chi connectivity index (χ4n) is 2.23. The van der Waals surface area contributed by atoms with Gasteiger partial charge in [0.25, 0.3) is 5.91 Å². The molecule has 1 aromatic carbocycles. The minimum absolute atomic E-state index is 0.351.